The zero-order valence-electron chi connectivity index (χ0n) is 15.3. The van der Waals surface area contributed by atoms with E-state index in [2.05, 4.69) is 10.3 Å². The van der Waals surface area contributed by atoms with Crippen molar-refractivity contribution in [2.75, 3.05) is 18.5 Å². The largest absolute Gasteiger partial charge is 0.371 e. The van der Waals surface area contributed by atoms with Gasteiger partial charge in [0.15, 0.2) is 5.13 Å². The number of carbonyl (C=O) groups excluding carboxylic acids is 2. The first-order chi connectivity index (χ1) is 13.7. The summed E-state index contributed by atoms with van der Waals surface area (Å²) in [6, 6.07) is 18.6. The Kier molecular flexibility index (Phi) is 5.60. The molecule has 1 aliphatic carbocycles. The Hall–Kier alpha value is -2.83. The molecule has 1 aromatic heterocycles. The molecule has 6 heteroatoms. The van der Waals surface area contributed by atoms with E-state index in [1.807, 2.05) is 48.5 Å². The molecule has 0 unspecified atom stereocenters. The zero-order chi connectivity index (χ0) is 19.3. The van der Waals surface area contributed by atoms with Gasteiger partial charge in [0.25, 0.3) is 5.91 Å². The summed E-state index contributed by atoms with van der Waals surface area (Å²) in [7, 11) is 0. The van der Waals surface area contributed by atoms with E-state index in [0.717, 1.165) is 5.56 Å². The van der Waals surface area contributed by atoms with E-state index in [0.29, 0.717) is 33.8 Å². The third kappa shape index (κ3) is 4.52. The van der Waals surface area contributed by atoms with Crippen LogP contribution in [-0.2, 0) is 9.53 Å². The fraction of sp³-hybridized carbons (Fsp3) is 0.227. The summed E-state index contributed by atoms with van der Waals surface area (Å²) in [5.41, 5.74) is 2.01. The highest BCUT2D eigenvalue weighted by atomic mass is 32.1. The summed E-state index contributed by atoms with van der Waals surface area (Å²) in [6.07, 6.45) is 2.36. The topological polar surface area (TPSA) is 68.3 Å². The average Bonchev–Trinajstić information content (AvgIpc) is 3.46. The van der Waals surface area contributed by atoms with Crippen LogP contribution in [-0.4, -0.2) is 29.9 Å². The van der Waals surface area contributed by atoms with E-state index >= 15 is 0 Å². The second kappa shape index (κ2) is 8.46. The van der Waals surface area contributed by atoms with Gasteiger partial charge in [-0.2, -0.15) is 0 Å². The number of hydrogen-bond acceptors (Lipinski definition) is 5. The summed E-state index contributed by atoms with van der Waals surface area (Å²) in [5.74, 6) is 0.239. The molecule has 28 heavy (non-hydrogen) atoms. The number of ketones is 1. The molecule has 1 saturated carbocycles. The molecule has 1 aliphatic rings. The Bertz CT molecular complexity index is 966. The molecule has 5 nitrogen and oxygen atoms in total. The molecule has 142 valence electrons. The smallest absolute Gasteiger partial charge is 0.252 e. The van der Waals surface area contributed by atoms with Gasteiger partial charge in [0.2, 0.25) is 5.78 Å². The summed E-state index contributed by atoms with van der Waals surface area (Å²) >= 11 is 1.19. The number of nitrogens with zero attached hydrogens (tertiary/aromatic N) is 1. The minimum Gasteiger partial charge on any atom is -0.371 e. The van der Waals surface area contributed by atoms with E-state index in [1.54, 1.807) is 12.1 Å². The van der Waals surface area contributed by atoms with E-state index in [1.165, 1.54) is 24.2 Å². The van der Waals surface area contributed by atoms with Crippen molar-refractivity contribution >= 4 is 28.2 Å². The number of rotatable bonds is 8. The van der Waals surface area contributed by atoms with Crippen LogP contribution in [0.1, 0.15) is 28.1 Å². The Balaban J connectivity index is 1.57. The molecule has 0 aliphatic heterocycles. The number of carbonyl (C=O) groups is 2. The SMILES string of the molecule is O=C(COCC1CC1)Nc1nc(-c2ccccc2)c(C(=O)c2ccccc2)s1. The number of aromatic nitrogens is 1. The van der Waals surface area contributed by atoms with Crippen LogP contribution in [0.3, 0.4) is 0 Å². The monoisotopic (exact) mass is 392 g/mol. The van der Waals surface area contributed by atoms with Gasteiger partial charge < -0.3 is 4.74 Å². The quantitative estimate of drug-likeness (QED) is 0.577. The molecule has 1 fully saturated rings. The van der Waals surface area contributed by atoms with Crippen LogP contribution in [0.2, 0.25) is 0 Å². The van der Waals surface area contributed by atoms with Gasteiger partial charge in [0.1, 0.15) is 11.5 Å². The molecular weight excluding hydrogens is 372 g/mol. The number of ether oxygens (including phenoxy) is 1. The average molecular weight is 392 g/mol. The molecule has 0 spiro atoms. The van der Waals surface area contributed by atoms with Gasteiger partial charge in [-0.1, -0.05) is 72.0 Å². The van der Waals surface area contributed by atoms with Crippen molar-refractivity contribution in [3.63, 3.8) is 0 Å². The van der Waals surface area contributed by atoms with Crippen molar-refractivity contribution in [3.8, 4) is 11.3 Å². The van der Waals surface area contributed by atoms with Crippen LogP contribution in [0.5, 0.6) is 0 Å². The lowest BCUT2D eigenvalue weighted by atomic mass is 10.1. The van der Waals surface area contributed by atoms with E-state index in [-0.39, 0.29) is 18.3 Å². The maximum absolute atomic E-state index is 13.0. The van der Waals surface area contributed by atoms with Gasteiger partial charge in [-0.3, -0.25) is 14.9 Å². The highest BCUT2D eigenvalue weighted by Crippen LogP contribution is 2.33. The molecule has 1 N–H and O–H groups in total. The fourth-order valence-electron chi connectivity index (χ4n) is 2.80. The zero-order valence-corrected chi connectivity index (χ0v) is 16.1. The highest BCUT2D eigenvalue weighted by molar-refractivity contribution is 7.18. The van der Waals surface area contributed by atoms with E-state index < -0.39 is 0 Å². The molecule has 4 rings (SSSR count). The molecule has 0 bridgehead atoms. The van der Waals surface area contributed by atoms with Crippen LogP contribution >= 0.6 is 11.3 Å². The third-order valence-corrected chi connectivity index (χ3v) is 5.42. The van der Waals surface area contributed by atoms with E-state index in [4.69, 9.17) is 4.74 Å². The van der Waals surface area contributed by atoms with Crippen molar-refractivity contribution in [1.82, 2.24) is 4.98 Å². The minimum absolute atomic E-state index is 0.00127. The van der Waals surface area contributed by atoms with Crippen LogP contribution in [0.15, 0.2) is 60.7 Å². The summed E-state index contributed by atoms with van der Waals surface area (Å²) in [6.45, 7) is 0.622. The number of nitrogens with one attached hydrogen (secondary N) is 1. The second-order valence-electron chi connectivity index (χ2n) is 6.76. The first-order valence-electron chi connectivity index (χ1n) is 9.24. The number of amides is 1. The predicted molar refractivity (Wildman–Crippen MR) is 110 cm³/mol. The van der Waals surface area contributed by atoms with Crippen LogP contribution in [0, 0.1) is 5.92 Å². The molecule has 2 aromatic carbocycles. The van der Waals surface area contributed by atoms with Gasteiger partial charge in [-0.15, -0.1) is 0 Å². The number of benzene rings is 2. The predicted octanol–water partition coefficient (Wildman–Crippen LogP) is 4.41. The van der Waals surface area contributed by atoms with E-state index in [9.17, 15) is 9.59 Å². The number of anilines is 1. The van der Waals surface area contributed by atoms with Gasteiger partial charge >= 0.3 is 0 Å². The third-order valence-electron chi connectivity index (χ3n) is 4.45. The number of thiazole rings is 1. The van der Waals surface area contributed by atoms with Crippen molar-refractivity contribution in [3.05, 3.63) is 71.1 Å². The van der Waals surface area contributed by atoms with Crippen molar-refractivity contribution in [1.29, 1.82) is 0 Å². The molecule has 0 saturated heterocycles. The molecule has 1 heterocycles. The Morgan fingerprint density at radius 1 is 1.04 bits per heavy atom. The summed E-state index contributed by atoms with van der Waals surface area (Å²) in [4.78, 5) is 30.2. The molecule has 0 atom stereocenters. The lowest BCUT2D eigenvalue weighted by Crippen LogP contribution is -2.18. The van der Waals surface area contributed by atoms with Crippen LogP contribution < -0.4 is 5.32 Å². The lowest BCUT2D eigenvalue weighted by Gasteiger charge is -2.02. The summed E-state index contributed by atoms with van der Waals surface area (Å²) in [5, 5.41) is 3.17. The summed E-state index contributed by atoms with van der Waals surface area (Å²) < 4.78 is 5.43. The number of hydrogen-bond donors (Lipinski definition) is 1. The molecular formula is C22H20N2O3S. The minimum atomic E-state index is -0.257. The molecule has 1 amide bonds. The van der Waals surface area contributed by atoms with Gasteiger partial charge in [0.05, 0.1) is 12.3 Å². The maximum Gasteiger partial charge on any atom is 0.252 e. The first kappa shape index (κ1) is 18.5. The normalized spacial score (nSPS) is 13.3. The molecule has 3 aromatic rings. The fourth-order valence-corrected chi connectivity index (χ4v) is 3.76. The van der Waals surface area contributed by atoms with Crippen LogP contribution in [0.25, 0.3) is 11.3 Å². The first-order valence-corrected chi connectivity index (χ1v) is 10.1. The van der Waals surface area contributed by atoms with Gasteiger partial charge in [0, 0.05) is 11.1 Å². The van der Waals surface area contributed by atoms with Gasteiger partial charge in [-0.05, 0) is 18.8 Å². The second-order valence-corrected chi connectivity index (χ2v) is 7.76. The lowest BCUT2D eigenvalue weighted by molar-refractivity contribution is -0.120. The Morgan fingerprint density at radius 3 is 2.39 bits per heavy atom. The van der Waals surface area contributed by atoms with Crippen molar-refractivity contribution < 1.29 is 14.3 Å². The van der Waals surface area contributed by atoms with Crippen molar-refractivity contribution in [2.45, 2.75) is 12.8 Å². The van der Waals surface area contributed by atoms with Crippen LogP contribution in [0.4, 0.5) is 5.13 Å². The Morgan fingerprint density at radius 2 is 1.71 bits per heavy atom. The highest BCUT2D eigenvalue weighted by Gasteiger charge is 2.23. The van der Waals surface area contributed by atoms with Crippen molar-refractivity contribution in [2.24, 2.45) is 5.92 Å². The standard InChI is InChI=1S/C22H20N2O3S/c25-18(14-27-13-15-11-12-15)23-22-24-19(16-7-3-1-4-8-16)21(28-22)20(26)17-9-5-2-6-10-17/h1-10,15H,11-14H2,(H,23,24,25). The Labute approximate surface area is 167 Å². The molecule has 0 radical (unpaired) electrons. The van der Waals surface area contributed by atoms with Gasteiger partial charge in [-0.25, -0.2) is 4.98 Å². The maximum atomic E-state index is 13.0.